The first-order valence-electron chi connectivity index (χ1n) is 6.61. The second-order valence-corrected chi connectivity index (χ2v) is 4.92. The van der Waals surface area contributed by atoms with Crippen LogP contribution in [-0.4, -0.2) is 28.6 Å². The molecule has 0 atom stereocenters. The first-order chi connectivity index (χ1) is 8.59. The number of guanidine groups is 1. The van der Waals surface area contributed by atoms with E-state index in [1.165, 1.54) is 0 Å². The summed E-state index contributed by atoms with van der Waals surface area (Å²) in [5.41, 5.74) is 5.75. The normalized spacial score (nSPS) is 11.5. The molecule has 0 aromatic carbocycles. The standard InChI is InChI=1S/C13H25N5.HI/c1-11(2)10-17-13(14)16-6-4-5-8-18-9-7-15-12(18)3;/h7,9,11H,4-6,8,10H2,1-3H3,(H3,14,16,17);1H. The summed E-state index contributed by atoms with van der Waals surface area (Å²) in [4.78, 5) is 8.45. The number of rotatable bonds is 7. The summed E-state index contributed by atoms with van der Waals surface area (Å²) < 4.78 is 2.16. The molecule has 0 bridgehead atoms. The summed E-state index contributed by atoms with van der Waals surface area (Å²) in [5.74, 6) is 2.18. The fraction of sp³-hybridized carbons (Fsp3) is 0.692. The number of unbranched alkanes of at least 4 members (excludes halogenated alkanes) is 1. The van der Waals surface area contributed by atoms with Gasteiger partial charge in [0.2, 0.25) is 0 Å². The van der Waals surface area contributed by atoms with Crippen LogP contribution < -0.4 is 11.1 Å². The van der Waals surface area contributed by atoms with Crippen LogP contribution in [0.15, 0.2) is 17.4 Å². The minimum Gasteiger partial charge on any atom is -0.370 e. The van der Waals surface area contributed by atoms with E-state index in [0.29, 0.717) is 11.9 Å². The highest BCUT2D eigenvalue weighted by Crippen LogP contribution is 1.99. The van der Waals surface area contributed by atoms with E-state index in [-0.39, 0.29) is 24.0 Å². The Morgan fingerprint density at radius 1 is 1.47 bits per heavy atom. The van der Waals surface area contributed by atoms with E-state index in [2.05, 4.69) is 33.7 Å². The fourth-order valence-electron chi connectivity index (χ4n) is 1.60. The van der Waals surface area contributed by atoms with Gasteiger partial charge < -0.3 is 15.6 Å². The number of nitrogens with two attached hydrogens (primary N) is 1. The molecule has 0 amide bonds. The number of hydrogen-bond acceptors (Lipinski definition) is 2. The van der Waals surface area contributed by atoms with Crippen molar-refractivity contribution in [1.82, 2.24) is 14.9 Å². The van der Waals surface area contributed by atoms with Crippen molar-refractivity contribution in [1.29, 1.82) is 0 Å². The molecule has 19 heavy (non-hydrogen) atoms. The van der Waals surface area contributed by atoms with Gasteiger partial charge in [0, 0.05) is 32.0 Å². The van der Waals surface area contributed by atoms with Crippen LogP contribution in [0.5, 0.6) is 0 Å². The average Bonchev–Trinajstić information content (AvgIpc) is 2.72. The molecule has 0 aliphatic carbocycles. The first-order valence-corrected chi connectivity index (χ1v) is 6.61. The van der Waals surface area contributed by atoms with Crippen LogP contribution in [0.4, 0.5) is 0 Å². The van der Waals surface area contributed by atoms with Crippen molar-refractivity contribution in [3.8, 4) is 0 Å². The lowest BCUT2D eigenvalue weighted by atomic mass is 10.2. The monoisotopic (exact) mass is 379 g/mol. The van der Waals surface area contributed by atoms with E-state index in [9.17, 15) is 0 Å². The van der Waals surface area contributed by atoms with E-state index in [0.717, 1.165) is 38.3 Å². The van der Waals surface area contributed by atoms with Gasteiger partial charge in [0.05, 0.1) is 0 Å². The number of nitrogens with zero attached hydrogens (tertiary/aromatic N) is 3. The maximum Gasteiger partial charge on any atom is 0.188 e. The summed E-state index contributed by atoms with van der Waals surface area (Å²) in [6.07, 6.45) is 6.04. The zero-order chi connectivity index (χ0) is 13.4. The highest BCUT2D eigenvalue weighted by Gasteiger charge is 1.97. The summed E-state index contributed by atoms with van der Waals surface area (Å²) in [6.45, 7) is 8.95. The minimum atomic E-state index is 0. The Kier molecular flexibility index (Phi) is 9.63. The van der Waals surface area contributed by atoms with Crippen LogP contribution in [0.2, 0.25) is 0 Å². The lowest BCUT2D eigenvalue weighted by Crippen LogP contribution is -2.32. The SMILES string of the molecule is Cc1nccn1CCCCNC(N)=NCC(C)C.I. The molecule has 0 aliphatic heterocycles. The largest absolute Gasteiger partial charge is 0.370 e. The number of imidazole rings is 1. The molecular formula is C13H26IN5. The quantitative estimate of drug-likeness (QED) is 0.330. The highest BCUT2D eigenvalue weighted by molar-refractivity contribution is 14.0. The predicted octanol–water partition coefficient (Wildman–Crippen LogP) is 2.15. The smallest absolute Gasteiger partial charge is 0.188 e. The van der Waals surface area contributed by atoms with Crippen LogP contribution >= 0.6 is 24.0 Å². The van der Waals surface area contributed by atoms with Gasteiger partial charge in [0.25, 0.3) is 0 Å². The lowest BCUT2D eigenvalue weighted by molar-refractivity contribution is 0.589. The Labute approximate surface area is 133 Å². The van der Waals surface area contributed by atoms with Gasteiger partial charge in [-0.3, -0.25) is 4.99 Å². The van der Waals surface area contributed by atoms with Crippen LogP contribution in [0.3, 0.4) is 0 Å². The van der Waals surface area contributed by atoms with Crippen LogP contribution in [0.1, 0.15) is 32.5 Å². The number of hydrogen-bond donors (Lipinski definition) is 2. The van der Waals surface area contributed by atoms with E-state index in [4.69, 9.17) is 5.73 Å². The van der Waals surface area contributed by atoms with Gasteiger partial charge in [-0.2, -0.15) is 0 Å². The van der Waals surface area contributed by atoms with Crippen LogP contribution in [-0.2, 0) is 6.54 Å². The van der Waals surface area contributed by atoms with E-state index < -0.39 is 0 Å². The Bertz CT molecular complexity index is 373. The minimum absolute atomic E-state index is 0. The summed E-state index contributed by atoms with van der Waals surface area (Å²) in [5, 5.41) is 3.14. The molecule has 5 nitrogen and oxygen atoms in total. The zero-order valence-electron chi connectivity index (χ0n) is 12.1. The van der Waals surface area contributed by atoms with Crippen LogP contribution in [0, 0.1) is 12.8 Å². The van der Waals surface area contributed by atoms with E-state index in [1.807, 2.05) is 19.3 Å². The van der Waals surface area contributed by atoms with Crippen molar-refractivity contribution in [2.45, 2.75) is 40.2 Å². The Morgan fingerprint density at radius 2 is 2.21 bits per heavy atom. The van der Waals surface area contributed by atoms with Crippen molar-refractivity contribution in [2.75, 3.05) is 13.1 Å². The van der Waals surface area contributed by atoms with Crippen molar-refractivity contribution in [3.63, 3.8) is 0 Å². The van der Waals surface area contributed by atoms with Crippen molar-refractivity contribution >= 4 is 29.9 Å². The second kappa shape index (κ2) is 10.1. The van der Waals surface area contributed by atoms with E-state index in [1.54, 1.807) is 0 Å². The molecule has 0 spiro atoms. The van der Waals surface area contributed by atoms with Gasteiger partial charge in [-0.25, -0.2) is 4.98 Å². The number of aromatic nitrogens is 2. The van der Waals surface area contributed by atoms with Crippen LogP contribution in [0.25, 0.3) is 0 Å². The van der Waals surface area contributed by atoms with Gasteiger partial charge in [0.15, 0.2) is 5.96 Å². The third kappa shape index (κ3) is 8.07. The predicted molar refractivity (Wildman–Crippen MR) is 90.9 cm³/mol. The van der Waals surface area contributed by atoms with Gasteiger partial charge in [-0.15, -0.1) is 24.0 Å². The molecule has 0 radical (unpaired) electrons. The molecular weight excluding hydrogens is 353 g/mol. The summed E-state index contributed by atoms with van der Waals surface area (Å²) >= 11 is 0. The van der Waals surface area contributed by atoms with Gasteiger partial charge in [-0.05, 0) is 25.7 Å². The molecule has 0 aliphatic rings. The summed E-state index contributed by atoms with van der Waals surface area (Å²) in [6, 6.07) is 0. The molecule has 1 rings (SSSR count). The molecule has 1 aromatic rings. The third-order valence-corrected chi connectivity index (χ3v) is 2.68. The number of aryl methyl sites for hydroxylation is 2. The summed E-state index contributed by atoms with van der Waals surface area (Å²) in [7, 11) is 0. The maximum absolute atomic E-state index is 5.75. The molecule has 1 aromatic heterocycles. The number of halogens is 1. The van der Waals surface area contributed by atoms with E-state index >= 15 is 0 Å². The molecule has 0 unspecified atom stereocenters. The number of nitrogens with one attached hydrogen (secondary N) is 1. The van der Waals surface area contributed by atoms with Gasteiger partial charge in [-0.1, -0.05) is 13.8 Å². The Hall–Kier alpha value is -0.790. The van der Waals surface area contributed by atoms with Gasteiger partial charge >= 0.3 is 0 Å². The molecule has 3 N–H and O–H groups in total. The molecule has 0 saturated carbocycles. The fourth-order valence-corrected chi connectivity index (χ4v) is 1.60. The second-order valence-electron chi connectivity index (χ2n) is 4.92. The highest BCUT2D eigenvalue weighted by atomic mass is 127. The first kappa shape index (κ1) is 18.2. The number of aliphatic imine (C=N–C) groups is 1. The lowest BCUT2D eigenvalue weighted by Gasteiger charge is -2.07. The molecule has 110 valence electrons. The Balaban J connectivity index is 0.00000324. The van der Waals surface area contributed by atoms with Gasteiger partial charge in [0.1, 0.15) is 5.82 Å². The Morgan fingerprint density at radius 3 is 2.79 bits per heavy atom. The average molecular weight is 379 g/mol. The molecule has 0 fully saturated rings. The van der Waals surface area contributed by atoms with Crippen molar-refractivity contribution in [2.24, 2.45) is 16.6 Å². The van der Waals surface area contributed by atoms with Crippen molar-refractivity contribution < 1.29 is 0 Å². The topological polar surface area (TPSA) is 68.2 Å². The molecule has 0 saturated heterocycles. The third-order valence-electron chi connectivity index (χ3n) is 2.68. The van der Waals surface area contributed by atoms with Crippen molar-refractivity contribution in [3.05, 3.63) is 18.2 Å². The molecule has 1 heterocycles. The zero-order valence-corrected chi connectivity index (χ0v) is 14.4. The molecule has 6 heteroatoms. The maximum atomic E-state index is 5.75.